The summed E-state index contributed by atoms with van der Waals surface area (Å²) in [6.45, 7) is 6.54. The lowest BCUT2D eigenvalue weighted by Gasteiger charge is -2.24. The SMILES string of the molecule is Cc1cc2cc(-c3ccc(C4=NC5(CC5)C(=O)N4C[C@@H]4CCN(C(=O)C5CC5)C4)cc3C)ccc2s1. The Labute approximate surface area is 215 Å². The Balaban J connectivity index is 1.15. The van der Waals surface area contributed by atoms with E-state index in [1.54, 1.807) is 0 Å². The van der Waals surface area contributed by atoms with Gasteiger partial charge < -0.3 is 4.90 Å². The Morgan fingerprint density at radius 1 is 1.06 bits per heavy atom. The zero-order chi connectivity index (χ0) is 24.6. The molecule has 2 aliphatic heterocycles. The number of fused-ring (bicyclic) bond motifs is 1. The highest BCUT2D eigenvalue weighted by Crippen LogP contribution is 2.46. The standard InChI is InChI=1S/C30H31N3O2S/c1-18-13-23(5-7-25(18)22-6-8-26-24(15-22)14-19(2)36-26)27-31-30(10-11-30)29(35)33(27)17-20-9-12-32(16-20)28(34)21-3-4-21/h5-8,13-15,20-21H,3-4,9-12,16-17H2,1-2H3/t20-/m1/s1. The molecule has 2 aromatic carbocycles. The second-order valence-corrected chi connectivity index (χ2v) is 12.5. The summed E-state index contributed by atoms with van der Waals surface area (Å²) in [6, 6.07) is 15.4. The first-order valence-corrected chi connectivity index (χ1v) is 14.0. The van der Waals surface area contributed by atoms with Gasteiger partial charge in [0.2, 0.25) is 5.91 Å². The highest BCUT2D eigenvalue weighted by Gasteiger charge is 2.57. The van der Waals surface area contributed by atoms with E-state index in [4.69, 9.17) is 4.99 Å². The molecule has 1 aromatic heterocycles. The van der Waals surface area contributed by atoms with Gasteiger partial charge in [0.25, 0.3) is 5.91 Å². The van der Waals surface area contributed by atoms with E-state index in [2.05, 4.69) is 56.3 Å². The number of amidine groups is 1. The summed E-state index contributed by atoms with van der Waals surface area (Å²) in [5.41, 5.74) is 4.12. The average Bonchev–Trinajstić information content (AvgIpc) is 3.76. The van der Waals surface area contributed by atoms with Gasteiger partial charge in [-0.2, -0.15) is 0 Å². The molecule has 36 heavy (non-hydrogen) atoms. The number of likely N-dealkylation sites (tertiary alicyclic amines) is 1. The molecule has 0 unspecified atom stereocenters. The predicted octanol–water partition coefficient (Wildman–Crippen LogP) is 5.57. The van der Waals surface area contributed by atoms with E-state index in [0.717, 1.165) is 56.6 Å². The van der Waals surface area contributed by atoms with Gasteiger partial charge in [-0.25, -0.2) is 0 Å². The third-order valence-corrected chi connectivity index (χ3v) is 9.37. The monoisotopic (exact) mass is 497 g/mol. The van der Waals surface area contributed by atoms with Crippen LogP contribution in [0.4, 0.5) is 0 Å². The maximum atomic E-state index is 13.4. The summed E-state index contributed by atoms with van der Waals surface area (Å²) < 4.78 is 1.32. The predicted molar refractivity (Wildman–Crippen MR) is 144 cm³/mol. The minimum absolute atomic E-state index is 0.157. The van der Waals surface area contributed by atoms with Crippen molar-refractivity contribution in [2.75, 3.05) is 19.6 Å². The zero-order valence-corrected chi connectivity index (χ0v) is 21.7. The third-order valence-electron chi connectivity index (χ3n) is 8.34. The number of rotatable bonds is 5. The van der Waals surface area contributed by atoms with Crippen LogP contribution < -0.4 is 0 Å². The van der Waals surface area contributed by atoms with E-state index >= 15 is 0 Å². The molecular weight excluding hydrogens is 466 g/mol. The largest absolute Gasteiger partial charge is 0.342 e. The van der Waals surface area contributed by atoms with E-state index in [0.29, 0.717) is 18.4 Å². The van der Waals surface area contributed by atoms with Crippen LogP contribution in [0.2, 0.25) is 0 Å². The van der Waals surface area contributed by atoms with Crippen molar-refractivity contribution < 1.29 is 9.59 Å². The number of nitrogens with zero attached hydrogens (tertiary/aromatic N) is 3. The Bertz CT molecular complexity index is 1450. The molecule has 3 fully saturated rings. The van der Waals surface area contributed by atoms with Crippen molar-refractivity contribution in [3.05, 3.63) is 58.5 Å². The summed E-state index contributed by atoms with van der Waals surface area (Å²) in [5.74, 6) is 1.87. The molecule has 4 aliphatic rings. The molecule has 6 heteroatoms. The van der Waals surface area contributed by atoms with Crippen molar-refractivity contribution in [2.24, 2.45) is 16.8 Å². The highest BCUT2D eigenvalue weighted by molar-refractivity contribution is 7.19. The van der Waals surface area contributed by atoms with Gasteiger partial charge in [-0.15, -0.1) is 11.3 Å². The van der Waals surface area contributed by atoms with Gasteiger partial charge in [-0.3, -0.25) is 19.5 Å². The number of carbonyl (C=O) groups excluding carboxylic acids is 2. The Hall–Kier alpha value is -2.99. The smallest absolute Gasteiger partial charge is 0.256 e. The van der Waals surface area contributed by atoms with Crippen molar-refractivity contribution >= 4 is 39.1 Å². The second-order valence-electron chi connectivity index (χ2n) is 11.2. The Morgan fingerprint density at radius 3 is 2.61 bits per heavy atom. The molecule has 1 atom stereocenters. The maximum Gasteiger partial charge on any atom is 0.256 e. The van der Waals surface area contributed by atoms with Crippen LogP contribution in [0.15, 0.2) is 47.5 Å². The van der Waals surface area contributed by atoms with Crippen LogP contribution in [0.3, 0.4) is 0 Å². The van der Waals surface area contributed by atoms with Crippen LogP contribution >= 0.6 is 11.3 Å². The number of hydrogen-bond donors (Lipinski definition) is 0. The normalized spacial score (nSPS) is 22.7. The van der Waals surface area contributed by atoms with E-state index in [1.165, 1.54) is 31.7 Å². The number of aryl methyl sites for hydroxylation is 2. The van der Waals surface area contributed by atoms with Crippen molar-refractivity contribution in [2.45, 2.75) is 51.5 Å². The third kappa shape index (κ3) is 3.69. The van der Waals surface area contributed by atoms with Crippen molar-refractivity contribution in [1.82, 2.24) is 9.80 Å². The fourth-order valence-corrected chi connectivity index (χ4v) is 6.90. The summed E-state index contributed by atoms with van der Waals surface area (Å²) >= 11 is 1.83. The van der Waals surface area contributed by atoms with Crippen LogP contribution in [-0.2, 0) is 9.59 Å². The number of amides is 2. The maximum absolute atomic E-state index is 13.4. The first-order chi connectivity index (χ1) is 17.4. The van der Waals surface area contributed by atoms with Crippen LogP contribution in [0.5, 0.6) is 0 Å². The molecule has 1 spiro atoms. The molecule has 1 saturated heterocycles. The molecule has 5 nitrogen and oxygen atoms in total. The molecule has 2 saturated carbocycles. The first kappa shape index (κ1) is 22.2. The van der Waals surface area contributed by atoms with Gasteiger partial charge in [-0.1, -0.05) is 18.2 Å². The molecule has 3 heterocycles. The molecule has 7 rings (SSSR count). The number of thiophene rings is 1. The molecule has 0 N–H and O–H groups in total. The van der Waals surface area contributed by atoms with E-state index in [1.807, 2.05) is 21.1 Å². The van der Waals surface area contributed by atoms with Crippen LogP contribution in [0.25, 0.3) is 21.2 Å². The lowest BCUT2D eigenvalue weighted by molar-refractivity contribution is -0.131. The van der Waals surface area contributed by atoms with Gasteiger partial charge >= 0.3 is 0 Å². The van der Waals surface area contributed by atoms with Gasteiger partial charge in [-0.05, 0) is 98.2 Å². The van der Waals surface area contributed by atoms with Gasteiger partial charge in [0.1, 0.15) is 11.4 Å². The average molecular weight is 498 g/mol. The topological polar surface area (TPSA) is 53.0 Å². The van der Waals surface area contributed by atoms with E-state index in [9.17, 15) is 9.59 Å². The molecule has 0 bridgehead atoms. The van der Waals surface area contributed by atoms with Crippen LogP contribution in [0.1, 0.15) is 48.1 Å². The van der Waals surface area contributed by atoms with Crippen molar-refractivity contribution in [3.8, 4) is 11.1 Å². The van der Waals surface area contributed by atoms with Gasteiger partial charge in [0, 0.05) is 40.7 Å². The fraction of sp³-hybridized carbons (Fsp3) is 0.433. The molecule has 2 aliphatic carbocycles. The molecule has 2 amide bonds. The van der Waals surface area contributed by atoms with E-state index < -0.39 is 5.54 Å². The van der Waals surface area contributed by atoms with Gasteiger partial charge in [0.15, 0.2) is 0 Å². The minimum atomic E-state index is -0.522. The summed E-state index contributed by atoms with van der Waals surface area (Å²) in [6.07, 6.45) is 4.74. The van der Waals surface area contributed by atoms with E-state index in [-0.39, 0.29) is 11.8 Å². The second kappa shape index (κ2) is 8.01. The molecular formula is C30H31N3O2S. The van der Waals surface area contributed by atoms with Crippen molar-refractivity contribution in [1.29, 1.82) is 0 Å². The Kier molecular flexibility index (Phi) is 4.94. The van der Waals surface area contributed by atoms with Crippen LogP contribution in [-0.4, -0.2) is 52.6 Å². The number of aliphatic imine (C=N–C) groups is 1. The van der Waals surface area contributed by atoms with Gasteiger partial charge in [0.05, 0.1) is 0 Å². The highest BCUT2D eigenvalue weighted by atomic mass is 32.1. The molecule has 184 valence electrons. The lowest BCUT2D eigenvalue weighted by Crippen LogP contribution is -2.41. The quantitative estimate of drug-likeness (QED) is 0.463. The molecule has 0 radical (unpaired) electrons. The van der Waals surface area contributed by atoms with Crippen LogP contribution in [0, 0.1) is 25.7 Å². The minimum Gasteiger partial charge on any atom is -0.342 e. The first-order valence-electron chi connectivity index (χ1n) is 13.2. The number of hydrogen-bond acceptors (Lipinski definition) is 4. The number of carbonyl (C=O) groups is 2. The summed E-state index contributed by atoms with van der Waals surface area (Å²) in [5, 5.41) is 1.29. The molecule has 3 aromatic rings. The zero-order valence-electron chi connectivity index (χ0n) is 20.9. The lowest BCUT2D eigenvalue weighted by atomic mass is 9.97. The van der Waals surface area contributed by atoms with Crippen molar-refractivity contribution in [3.63, 3.8) is 0 Å². The fourth-order valence-electron chi connectivity index (χ4n) is 5.99. The number of benzene rings is 2. The Morgan fingerprint density at radius 2 is 1.86 bits per heavy atom. The summed E-state index contributed by atoms with van der Waals surface area (Å²) in [4.78, 5) is 36.3. The summed E-state index contributed by atoms with van der Waals surface area (Å²) in [7, 11) is 0.